The van der Waals surface area contributed by atoms with Crippen molar-refractivity contribution in [2.75, 3.05) is 0 Å². The summed E-state index contributed by atoms with van der Waals surface area (Å²) >= 11 is 6.13. The third kappa shape index (κ3) is 4.73. The van der Waals surface area contributed by atoms with Crippen molar-refractivity contribution < 1.29 is 17.5 Å². The van der Waals surface area contributed by atoms with E-state index >= 15 is 0 Å². The quantitative estimate of drug-likeness (QED) is 0.249. The molecule has 0 amide bonds. The molecule has 0 aliphatic heterocycles. The molecular formula is C19H13ClN2O5S. The minimum Gasteiger partial charge on any atom is -0.377 e. The molecule has 0 atom stereocenters. The lowest BCUT2D eigenvalue weighted by molar-refractivity contribution is -0.384. The predicted octanol–water partition coefficient (Wildman–Crippen LogP) is 4.77. The maximum absolute atomic E-state index is 12.3. The summed E-state index contributed by atoms with van der Waals surface area (Å²) in [7, 11) is -3.99. The Labute approximate surface area is 166 Å². The van der Waals surface area contributed by atoms with E-state index in [4.69, 9.17) is 15.8 Å². The molecule has 3 aromatic rings. The highest BCUT2D eigenvalue weighted by Gasteiger charge is 2.17. The Morgan fingerprint density at radius 2 is 1.68 bits per heavy atom. The number of nitrogens with zero attached hydrogens (tertiary/aromatic N) is 2. The molecule has 3 rings (SSSR count). The Balaban J connectivity index is 1.76. The fraction of sp³-hybridized carbons (Fsp3) is 0. The van der Waals surface area contributed by atoms with Crippen LogP contribution in [0.4, 0.5) is 11.4 Å². The van der Waals surface area contributed by atoms with Gasteiger partial charge in [-0.2, -0.15) is 8.42 Å². The van der Waals surface area contributed by atoms with E-state index in [2.05, 4.69) is 4.99 Å². The van der Waals surface area contributed by atoms with Gasteiger partial charge in [-0.25, -0.2) is 0 Å². The monoisotopic (exact) mass is 416 g/mol. The first-order valence-corrected chi connectivity index (χ1v) is 9.71. The molecule has 7 nitrogen and oxygen atoms in total. The average molecular weight is 417 g/mol. The Morgan fingerprint density at radius 3 is 2.29 bits per heavy atom. The second kappa shape index (κ2) is 8.20. The maximum Gasteiger partial charge on any atom is 0.339 e. The van der Waals surface area contributed by atoms with Crippen LogP contribution in [0.25, 0.3) is 0 Å². The lowest BCUT2D eigenvalue weighted by Crippen LogP contribution is -2.09. The molecule has 142 valence electrons. The SMILES string of the molecule is O=[N+]([O-])c1ccc(N=Cc2ccc(OS(=O)(=O)c3ccccc3)c(Cl)c2)cc1. The van der Waals surface area contributed by atoms with Gasteiger partial charge in [0.2, 0.25) is 0 Å². The lowest BCUT2D eigenvalue weighted by atomic mass is 10.2. The van der Waals surface area contributed by atoms with Crippen molar-refractivity contribution in [1.82, 2.24) is 0 Å². The minimum absolute atomic E-state index is 0.00185. The van der Waals surface area contributed by atoms with Crippen molar-refractivity contribution in [1.29, 1.82) is 0 Å². The topological polar surface area (TPSA) is 98.9 Å². The second-order valence-electron chi connectivity index (χ2n) is 5.57. The summed E-state index contributed by atoms with van der Waals surface area (Å²) in [5.74, 6) is -0.00185. The number of nitro groups is 1. The number of rotatable bonds is 6. The predicted molar refractivity (Wildman–Crippen MR) is 106 cm³/mol. The van der Waals surface area contributed by atoms with E-state index in [1.54, 1.807) is 24.3 Å². The molecular weight excluding hydrogens is 404 g/mol. The zero-order chi connectivity index (χ0) is 20.1. The van der Waals surface area contributed by atoms with Crippen molar-refractivity contribution in [2.24, 2.45) is 4.99 Å². The molecule has 3 aromatic carbocycles. The van der Waals surface area contributed by atoms with E-state index in [1.807, 2.05) is 0 Å². The van der Waals surface area contributed by atoms with Crippen LogP contribution in [0.1, 0.15) is 5.56 Å². The van der Waals surface area contributed by atoms with E-state index in [1.165, 1.54) is 54.7 Å². The molecule has 0 aliphatic carbocycles. The van der Waals surface area contributed by atoms with E-state index in [0.29, 0.717) is 11.3 Å². The van der Waals surface area contributed by atoms with Gasteiger partial charge in [0.25, 0.3) is 5.69 Å². The number of hydrogen-bond acceptors (Lipinski definition) is 6. The van der Waals surface area contributed by atoms with Crippen LogP contribution in [-0.2, 0) is 10.1 Å². The van der Waals surface area contributed by atoms with Crippen LogP contribution in [0.2, 0.25) is 5.02 Å². The number of benzene rings is 3. The van der Waals surface area contributed by atoms with Crippen LogP contribution in [0.5, 0.6) is 5.75 Å². The summed E-state index contributed by atoms with van der Waals surface area (Å²) in [6.45, 7) is 0. The number of aliphatic imine (C=N–C) groups is 1. The molecule has 0 unspecified atom stereocenters. The highest BCUT2D eigenvalue weighted by Crippen LogP contribution is 2.28. The molecule has 0 aliphatic rings. The number of halogens is 1. The molecule has 0 saturated heterocycles. The van der Waals surface area contributed by atoms with Gasteiger partial charge in [-0.05, 0) is 48.0 Å². The molecule has 0 fully saturated rings. The second-order valence-corrected chi connectivity index (χ2v) is 7.53. The molecule has 9 heteroatoms. The molecule has 0 saturated carbocycles. The first-order chi connectivity index (χ1) is 13.3. The molecule has 0 N–H and O–H groups in total. The van der Waals surface area contributed by atoms with E-state index in [0.717, 1.165) is 0 Å². The van der Waals surface area contributed by atoms with Crippen molar-refractivity contribution in [3.63, 3.8) is 0 Å². The number of hydrogen-bond donors (Lipinski definition) is 0. The van der Waals surface area contributed by atoms with Crippen LogP contribution in [0, 0.1) is 10.1 Å². The summed E-state index contributed by atoms with van der Waals surface area (Å²) in [6.07, 6.45) is 1.50. The Morgan fingerprint density at radius 1 is 1.00 bits per heavy atom. The lowest BCUT2D eigenvalue weighted by Gasteiger charge is -2.08. The third-order valence-electron chi connectivity index (χ3n) is 3.61. The van der Waals surface area contributed by atoms with Crippen LogP contribution in [0.3, 0.4) is 0 Å². The molecule has 0 bridgehead atoms. The maximum atomic E-state index is 12.3. The number of non-ortho nitro benzene ring substituents is 1. The van der Waals surface area contributed by atoms with Gasteiger partial charge in [0.05, 0.1) is 15.6 Å². The first kappa shape index (κ1) is 19.5. The highest BCUT2D eigenvalue weighted by atomic mass is 35.5. The minimum atomic E-state index is -3.99. The van der Waals surface area contributed by atoms with Crippen LogP contribution in [0.15, 0.2) is 82.7 Å². The van der Waals surface area contributed by atoms with Gasteiger partial charge in [0, 0.05) is 18.3 Å². The van der Waals surface area contributed by atoms with Crippen molar-refractivity contribution in [3.8, 4) is 5.75 Å². The van der Waals surface area contributed by atoms with Crippen molar-refractivity contribution in [3.05, 3.63) is 93.5 Å². The first-order valence-electron chi connectivity index (χ1n) is 7.93. The standard InChI is InChI=1S/C19H13ClN2O5S/c20-18-12-14(13-21-15-7-9-16(10-8-15)22(23)24)6-11-19(18)27-28(25,26)17-4-2-1-3-5-17/h1-13H. The van der Waals surface area contributed by atoms with Gasteiger partial charge >= 0.3 is 10.1 Å². The van der Waals surface area contributed by atoms with Gasteiger partial charge in [-0.3, -0.25) is 15.1 Å². The molecule has 0 radical (unpaired) electrons. The summed E-state index contributed by atoms with van der Waals surface area (Å²) < 4.78 is 29.6. The van der Waals surface area contributed by atoms with Gasteiger partial charge in [0.15, 0.2) is 5.75 Å². The fourth-order valence-corrected chi connectivity index (χ4v) is 3.47. The summed E-state index contributed by atoms with van der Waals surface area (Å²) in [5.41, 5.74) is 1.10. The van der Waals surface area contributed by atoms with Crippen molar-refractivity contribution in [2.45, 2.75) is 4.90 Å². The van der Waals surface area contributed by atoms with Crippen LogP contribution >= 0.6 is 11.6 Å². The highest BCUT2D eigenvalue weighted by molar-refractivity contribution is 7.87. The van der Waals surface area contributed by atoms with E-state index in [-0.39, 0.29) is 21.4 Å². The zero-order valence-electron chi connectivity index (χ0n) is 14.2. The van der Waals surface area contributed by atoms with Crippen molar-refractivity contribution >= 4 is 39.3 Å². The smallest absolute Gasteiger partial charge is 0.339 e. The molecule has 0 heterocycles. The summed E-state index contributed by atoms with van der Waals surface area (Å²) in [4.78, 5) is 14.4. The Hall–Kier alpha value is -3.23. The zero-order valence-corrected chi connectivity index (χ0v) is 15.8. The van der Waals surface area contributed by atoms with Gasteiger partial charge in [-0.1, -0.05) is 29.8 Å². The van der Waals surface area contributed by atoms with Gasteiger partial charge < -0.3 is 4.18 Å². The van der Waals surface area contributed by atoms with Gasteiger partial charge in [-0.15, -0.1) is 0 Å². The Kier molecular flexibility index (Phi) is 5.72. The summed E-state index contributed by atoms with van der Waals surface area (Å²) in [6, 6.07) is 18.0. The van der Waals surface area contributed by atoms with Crippen LogP contribution < -0.4 is 4.18 Å². The molecule has 28 heavy (non-hydrogen) atoms. The summed E-state index contributed by atoms with van der Waals surface area (Å²) in [5, 5.41) is 10.8. The van der Waals surface area contributed by atoms with Gasteiger partial charge in [0.1, 0.15) is 4.90 Å². The number of nitro benzene ring substituents is 1. The largest absolute Gasteiger partial charge is 0.377 e. The van der Waals surface area contributed by atoms with E-state index in [9.17, 15) is 18.5 Å². The average Bonchev–Trinajstić information content (AvgIpc) is 2.69. The normalized spacial score (nSPS) is 11.5. The van der Waals surface area contributed by atoms with E-state index < -0.39 is 15.0 Å². The molecule has 0 aromatic heterocycles. The third-order valence-corrected chi connectivity index (χ3v) is 5.15. The van der Waals surface area contributed by atoms with Crippen LogP contribution in [-0.4, -0.2) is 19.6 Å². The molecule has 0 spiro atoms. The fourth-order valence-electron chi connectivity index (χ4n) is 2.23. The Bertz CT molecular complexity index is 1130.